The topological polar surface area (TPSA) is 149 Å². The van der Waals surface area contributed by atoms with Crippen LogP contribution in [0, 0.1) is 0 Å². The molecule has 0 saturated carbocycles. The number of carboxylic acid groups (broad SMARTS) is 4. The zero-order valence-electron chi connectivity index (χ0n) is 18.1. The van der Waals surface area contributed by atoms with E-state index in [4.69, 9.17) is 0 Å². The van der Waals surface area contributed by atoms with Gasteiger partial charge in [-0.3, -0.25) is 0 Å². The Hall–Kier alpha value is -3.68. The van der Waals surface area contributed by atoms with E-state index in [-0.39, 0.29) is 22.3 Å². The molecule has 0 fully saturated rings. The summed E-state index contributed by atoms with van der Waals surface area (Å²) in [6, 6.07) is 5.47. The number of aromatic carboxylic acids is 4. The van der Waals surface area contributed by atoms with Gasteiger partial charge in [-0.15, -0.1) is 0 Å². The second kappa shape index (κ2) is 7.47. The van der Waals surface area contributed by atoms with Crippen molar-refractivity contribution in [1.82, 2.24) is 0 Å². The summed E-state index contributed by atoms with van der Waals surface area (Å²) in [7, 11) is 0. The van der Waals surface area contributed by atoms with Crippen molar-refractivity contribution in [2.24, 2.45) is 0 Å². The number of rotatable bonds is 4. The van der Waals surface area contributed by atoms with E-state index in [1.54, 1.807) is 0 Å². The molecule has 0 atom stereocenters. The quantitative estimate of drug-likeness (QED) is 0.552. The molecule has 4 N–H and O–H groups in total. The SMILES string of the molecule is CC.CC12CCC(C)(c3cc(C(=O)O)c(C(=O)O)cc31)c1cc(C(=O)O)c(C(=O)O)cc12. The van der Waals surface area contributed by atoms with E-state index in [0.29, 0.717) is 35.1 Å². The summed E-state index contributed by atoms with van der Waals surface area (Å²) in [4.78, 5) is 46.8. The summed E-state index contributed by atoms with van der Waals surface area (Å²) in [5, 5.41) is 38.2. The minimum absolute atomic E-state index is 0.333. The summed E-state index contributed by atoms with van der Waals surface area (Å²) in [6.45, 7) is 7.70. The van der Waals surface area contributed by atoms with Gasteiger partial charge < -0.3 is 20.4 Å². The van der Waals surface area contributed by atoms with Crippen molar-refractivity contribution in [3.8, 4) is 0 Å². The fourth-order valence-electron chi connectivity index (χ4n) is 5.06. The van der Waals surface area contributed by atoms with Gasteiger partial charge in [0.2, 0.25) is 0 Å². The van der Waals surface area contributed by atoms with E-state index in [0.717, 1.165) is 0 Å². The Morgan fingerprint density at radius 2 is 0.750 bits per heavy atom. The highest BCUT2D eigenvalue weighted by molar-refractivity contribution is 6.04. The Labute approximate surface area is 184 Å². The van der Waals surface area contributed by atoms with Crippen LogP contribution >= 0.6 is 0 Å². The summed E-state index contributed by atoms with van der Waals surface area (Å²) < 4.78 is 0. The molecule has 0 amide bonds. The highest BCUT2D eigenvalue weighted by Gasteiger charge is 2.52. The van der Waals surface area contributed by atoms with Gasteiger partial charge in [-0.25, -0.2) is 19.2 Å². The second-order valence-electron chi connectivity index (χ2n) is 8.27. The van der Waals surface area contributed by atoms with Crippen LogP contribution in [0.2, 0.25) is 0 Å². The fraction of sp³-hybridized carbons (Fsp3) is 0.333. The molecular weight excluding hydrogens is 416 g/mol. The van der Waals surface area contributed by atoms with Crippen molar-refractivity contribution in [2.45, 2.75) is 51.4 Å². The first-order valence-corrected chi connectivity index (χ1v) is 10.2. The molecule has 0 aliphatic heterocycles. The smallest absolute Gasteiger partial charge is 0.336 e. The highest BCUT2D eigenvalue weighted by Crippen LogP contribution is 2.59. The van der Waals surface area contributed by atoms with Gasteiger partial charge in [0.05, 0.1) is 22.3 Å². The zero-order valence-corrected chi connectivity index (χ0v) is 18.1. The molecule has 0 saturated heterocycles. The van der Waals surface area contributed by atoms with Gasteiger partial charge in [-0.1, -0.05) is 27.7 Å². The van der Waals surface area contributed by atoms with Crippen LogP contribution < -0.4 is 0 Å². The molecule has 168 valence electrons. The lowest BCUT2D eigenvalue weighted by Gasteiger charge is -2.53. The molecule has 5 rings (SSSR count). The first-order valence-electron chi connectivity index (χ1n) is 10.2. The predicted octanol–water partition coefficient (Wildman–Crippen LogP) is 4.22. The molecule has 32 heavy (non-hydrogen) atoms. The van der Waals surface area contributed by atoms with Crippen molar-refractivity contribution in [3.63, 3.8) is 0 Å². The second-order valence-corrected chi connectivity index (χ2v) is 8.27. The van der Waals surface area contributed by atoms with Crippen LogP contribution in [0.25, 0.3) is 0 Å². The maximum atomic E-state index is 11.7. The molecule has 0 aromatic heterocycles. The molecule has 0 radical (unpaired) electrons. The van der Waals surface area contributed by atoms with Crippen molar-refractivity contribution >= 4 is 23.9 Å². The molecule has 3 aliphatic carbocycles. The van der Waals surface area contributed by atoms with Crippen molar-refractivity contribution in [3.05, 3.63) is 68.8 Å². The Balaban J connectivity index is 0.00000141. The Morgan fingerprint density at radius 3 is 0.906 bits per heavy atom. The van der Waals surface area contributed by atoms with Gasteiger partial charge in [0, 0.05) is 10.8 Å². The van der Waals surface area contributed by atoms with E-state index in [1.165, 1.54) is 24.3 Å². The van der Waals surface area contributed by atoms with E-state index in [2.05, 4.69) is 0 Å². The first-order chi connectivity index (χ1) is 14.9. The molecule has 2 bridgehead atoms. The van der Waals surface area contributed by atoms with Crippen LogP contribution in [0.5, 0.6) is 0 Å². The standard InChI is InChI=1S/C22H18O8.C2H6/c1-21-3-4-22(2,15-7-11(19(27)28)9(17(23)24)5-13(15)21)16-8-12(20(29)30)10(18(25)26)6-14(16)21;1-2/h5-8H,3-4H2,1-2H3,(H,23,24)(H,25,26)(H,27,28)(H,29,30);1-2H3. The van der Waals surface area contributed by atoms with Crippen LogP contribution in [0.1, 0.15) is 104 Å². The number of benzene rings is 2. The number of carboxylic acids is 4. The van der Waals surface area contributed by atoms with Crippen LogP contribution in [0.4, 0.5) is 0 Å². The molecule has 2 aromatic carbocycles. The summed E-state index contributed by atoms with van der Waals surface area (Å²) in [5.74, 6) is -5.45. The van der Waals surface area contributed by atoms with Crippen LogP contribution in [-0.4, -0.2) is 44.3 Å². The average molecular weight is 440 g/mol. The van der Waals surface area contributed by atoms with E-state index < -0.39 is 34.7 Å². The third-order valence-electron chi connectivity index (χ3n) is 6.74. The highest BCUT2D eigenvalue weighted by atomic mass is 16.4. The van der Waals surface area contributed by atoms with E-state index >= 15 is 0 Å². The van der Waals surface area contributed by atoms with Gasteiger partial charge in [-0.2, -0.15) is 0 Å². The number of hydrogen-bond acceptors (Lipinski definition) is 4. The lowest BCUT2D eigenvalue weighted by Crippen LogP contribution is -2.47. The maximum Gasteiger partial charge on any atom is 0.336 e. The maximum absolute atomic E-state index is 11.7. The molecule has 0 spiro atoms. The third-order valence-corrected chi connectivity index (χ3v) is 6.74. The predicted molar refractivity (Wildman–Crippen MR) is 114 cm³/mol. The van der Waals surface area contributed by atoms with Gasteiger partial charge in [0.25, 0.3) is 0 Å². The van der Waals surface area contributed by atoms with E-state index in [1.807, 2.05) is 27.7 Å². The minimum atomic E-state index is -1.36. The van der Waals surface area contributed by atoms with Gasteiger partial charge in [0.15, 0.2) is 0 Å². The van der Waals surface area contributed by atoms with Crippen LogP contribution in [0.15, 0.2) is 24.3 Å². The molecule has 0 heterocycles. The van der Waals surface area contributed by atoms with Gasteiger partial charge >= 0.3 is 23.9 Å². The van der Waals surface area contributed by atoms with Crippen molar-refractivity contribution in [2.75, 3.05) is 0 Å². The third kappa shape index (κ3) is 2.97. The zero-order chi connectivity index (χ0) is 24.2. The number of fused-ring (bicyclic) bond motifs is 1. The van der Waals surface area contributed by atoms with Gasteiger partial charge in [-0.05, 0) is 59.4 Å². The molecule has 2 aromatic rings. The first kappa shape index (κ1) is 23.0. The lowest BCUT2D eigenvalue weighted by atomic mass is 9.49. The van der Waals surface area contributed by atoms with Crippen LogP contribution in [-0.2, 0) is 10.8 Å². The summed E-state index contributed by atoms with van der Waals surface area (Å²) >= 11 is 0. The Kier molecular flexibility index (Phi) is 5.37. The van der Waals surface area contributed by atoms with E-state index in [9.17, 15) is 39.6 Å². The molecule has 8 heteroatoms. The Bertz CT molecular complexity index is 1020. The monoisotopic (exact) mass is 440 g/mol. The summed E-state index contributed by atoms with van der Waals surface area (Å²) in [5.41, 5.74) is -0.356. The fourth-order valence-corrected chi connectivity index (χ4v) is 5.06. The molecule has 8 nitrogen and oxygen atoms in total. The lowest BCUT2D eigenvalue weighted by molar-refractivity contribution is 0.0650. The van der Waals surface area contributed by atoms with Crippen molar-refractivity contribution in [1.29, 1.82) is 0 Å². The Morgan fingerprint density at radius 1 is 0.562 bits per heavy atom. The molecule has 3 aliphatic rings. The molecular formula is C24H24O8. The van der Waals surface area contributed by atoms with Crippen LogP contribution in [0.3, 0.4) is 0 Å². The minimum Gasteiger partial charge on any atom is -0.478 e. The molecule has 0 unspecified atom stereocenters. The largest absolute Gasteiger partial charge is 0.478 e. The van der Waals surface area contributed by atoms with Gasteiger partial charge in [0.1, 0.15) is 0 Å². The van der Waals surface area contributed by atoms with Crippen molar-refractivity contribution < 1.29 is 39.6 Å². The number of carbonyl (C=O) groups is 4. The normalized spacial score (nSPS) is 22.1. The average Bonchev–Trinajstić information content (AvgIpc) is 2.75. The summed E-state index contributed by atoms with van der Waals surface area (Å²) in [6.07, 6.45) is 1.17. The number of hydrogen-bond donors (Lipinski definition) is 4.